The topological polar surface area (TPSA) is 81.7 Å². The molecule has 0 aromatic carbocycles. The summed E-state index contributed by atoms with van der Waals surface area (Å²) in [5.74, 6) is 6.48. The molecule has 1 unspecified atom stereocenters. The first-order valence-electron chi connectivity index (χ1n) is 5.39. The summed E-state index contributed by atoms with van der Waals surface area (Å²) >= 11 is 1.66. The Labute approximate surface area is 104 Å². The van der Waals surface area contributed by atoms with Crippen LogP contribution in [0.25, 0.3) is 0 Å². The Morgan fingerprint density at radius 2 is 2.35 bits per heavy atom. The van der Waals surface area contributed by atoms with Gasteiger partial charge in [-0.1, -0.05) is 0 Å². The summed E-state index contributed by atoms with van der Waals surface area (Å²) < 4.78 is 1.76. The SMILES string of the molecule is Cc1csc(CC(Cc2ncnn2C)NN)n1. The van der Waals surface area contributed by atoms with Crippen molar-refractivity contribution in [2.45, 2.75) is 25.8 Å². The van der Waals surface area contributed by atoms with Gasteiger partial charge in [-0.25, -0.2) is 9.97 Å². The molecule has 0 aliphatic rings. The normalized spacial score (nSPS) is 12.9. The van der Waals surface area contributed by atoms with Crippen LogP contribution < -0.4 is 11.3 Å². The van der Waals surface area contributed by atoms with E-state index in [1.165, 1.54) is 0 Å². The van der Waals surface area contributed by atoms with Gasteiger partial charge in [-0.3, -0.25) is 16.0 Å². The Balaban J connectivity index is 2.00. The van der Waals surface area contributed by atoms with Crippen molar-refractivity contribution in [3.63, 3.8) is 0 Å². The molecule has 0 saturated heterocycles. The van der Waals surface area contributed by atoms with Crippen LogP contribution >= 0.6 is 11.3 Å². The number of hydrazine groups is 1. The second-order valence-electron chi connectivity index (χ2n) is 3.95. The largest absolute Gasteiger partial charge is 0.271 e. The number of nitrogens with one attached hydrogen (secondary N) is 1. The van der Waals surface area contributed by atoms with Crippen molar-refractivity contribution in [2.75, 3.05) is 0 Å². The van der Waals surface area contributed by atoms with Crippen molar-refractivity contribution < 1.29 is 0 Å². The first kappa shape index (κ1) is 12.2. The molecule has 6 nitrogen and oxygen atoms in total. The van der Waals surface area contributed by atoms with Crippen LogP contribution in [0.4, 0.5) is 0 Å². The third kappa shape index (κ3) is 3.09. The highest BCUT2D eigenvalue weighted by molar-refractivity contribution is 7.09. The Bertz CT molecular complexity index is 477. The van der Waals surface area contributed by atoms with Crippen LogP contribution in [0.5, 0.6) is 0 Å². The van der Waals surface area contributed by atoms with Crippen LogP contribution in [0.3, 0.4) is 0 Å². The molecule has 0 aliphatic heterocycles. The highest BCUT2D eigenvalue weighted by Gasteiger charge is 2.13. The lowest BCUT2D eigenvalue weighted by Crippen LogP contribution is -2.39. The van der Waals surface area contributed by atoms with Gasteiger partial charge in [0.05, 0.1) is 5.01 Å². The molecular formula is C10H16N6S. The minimum absolute atomic E-state index is 0.128. The number of rotatable bonds is 5. The third-order valence-corrected chi connectivity index (χ3v) is 3.55. The maximum atomic E-state index is 5.56. The van der Waals surface area contributed by atoms with E-state index in [0.29, 0.717) is 0 Å². The summed E-state index contributed by atoms with van der Waals surface area (Å²) in [6.07, 6.45) is 3.10. The molecule has 2 heterocycles. The molecule has 0 fully saturated rings. The van der Waals surface area contributed by atoms with Crippen molar-refractivity contribution in [1.82, 2.24) is 25.2 Å². The third-order valence-electron chi connectivity index (χ3n) is 2.56. The molecule has 0 spiro atoms. The van der Waals surface area contributed by atoms with E-state index in [2.05, 4.69) is 20.5 Å². The summed E-state index contributed by atoms with van der Waals surface area (Å²) in [6, 6.07) is 0.128. The molecule has 2 aromatic heterocycles. The Kier molecular flexibility index (Phi) is 3.82. The highest BCUT2D eigenvalue weighted by Crippen LogP contribution is 2.12. The van der Waals surface area contributed by atoms with E-state index in [1.807, 2.05) is 19.4 Å². The molecule has 0 amide bonds. The van der Waals surface area contributed by atoms with Crippen molar-refractivity contribution in [3.05, 3.63) is 28.2 Å². The number of aromatic nitrogens is 4. The fraction of sp³-hybridized carbons (Fsp3) is 0.500. The molecule has 0 aliphatic carbocycles. The average molecular weight is 252 g/mol. The van der Waals surface area contributed by atoms with Crippen LogP contribution in [0, 0.1) is 6.92 Å². The molecule has 0 saturated carbocycles. The zero-order valence-corrected chi connectivity index (χ0v) is 10.7. The molecule has 7 heteroatoms. The van der Waals surface area contributed by atoms with E-state index < -0.39 is 0 Å². The molecule has 2 aromatic rings. The molecule has 0 bridgehead atoms. The average Bonchev–Trinajstić information content (AvgIpc) is 2.88. The Hall–Kier alpha value is -1.31. The van der Waals surface area contributed by atoms with Crippen LogP contribution in [-0.4, -0.2) is 25.8 Å². The summed E-state index contributed by atoms with van der Waals surface area (Å²) in [7, 11) is 1.88. The monoisotopic (exact) mass is 252 g/mol. The van der Waals surface area contributed by atoms with Crippen LogP contribution in [0.2, 0.25) is 0 Å². The van der Waals surface area contributed by atoms with Gasteiger partial charge in [0, 0.05) is 37.0 Å². The fourth-order valence-corrected chi connectivity index (χ4v) is 2.48. The maximum absolute atomic E-state index is 5.56. The molecule has 3 N–H and O–H groups in total. The lowest BCUT2D eigenvalue weighted by Gasteiger charge is -2.13. The Morgan fingerprint density at radius 3 is 2.88 bits per heavy atom. The van der Waals surface area contributed by atoms with Gasteiger partial charge in [-0.05, 0) is 6.92 Å². The molecule has 92 valence electrons. The second-order valence-corrected chi connectivity index (χ2v) is 4.90. The van der Waals surface area contributed by atoms with Crippen molar-refractivity contribution >= 4 is 11.3 Å². The zero-order chi connectivity index (χ0) is 12.3. The van der Waals surface area contributed by atoms with Crippen LogP contribution in [-0.2, 0) is 19.9 Å². The zero-order valence-electron chi connectivity index (χ0n) is 9.92. The quantitative estimate of drug-likeness (QED) is 0.587. The Morgan fingerprint density at radius 1 is 1.53 bits per heavy atom. The van der Waals surface area contributed by atoms with Crippen molar-refractivity contribution in [3.8, 4) is 0 Å². The number of aryl methyl sites for hydroxylation is 2. The van der Waals surface area contributed by atoms with E-state index in [-0.39, 0.29) is 6.04 Å². The lowest BCUT2D eigenvalue weighted by molar-refractivity contribution is 0.498. The van der Waals surface area contributed by atoms with E-state index in [0.717, 1.165) is 29.4 Å². The minimum Gasteiger partial charge on any atom is -0.271 e. The summed E-state index contributed by atoms with van der Waals surface area (Å²) in [5, 5.41) is 7.18. The van der Waals surface area contributed by atoms with E-state index in [1.54, 1.807) is 22.3 Å². The number of hydrogen-bond donors (Lipinski definition) is 2. The van der Waals surface area contributed by atoms with Crippen LogP contribution in [0.15, 0.2) is 11.7 Å². The number of nitrogens with two attached hydrogens (primary N) is 1. The number of thiazole rings is 1. The summed E-state index contributed by atoms with van der Waals surface area (Å²) in [4.78, 5) is 8.62. The highest BCUT2D eigenvalue weighted by atomic mass is 32.1. The van der Waals surface area contributed by atoms with Gasteiger partial charge < -0.3 is 0 Å². The summed E-state index contributed by atoms with van der Waals surface area (Å²) in [5.41, 5.74) is 3.87. The standard InChI is InChI=1S/C10H16N6S/c1-7-5-17-10(14-7)4-8(15-11)3-9-12-6-13-16(9)2/h5-6,8,15H,3-4,11H2,1-2H3. The van der Waals surface area contributed by atoms with Crippen LogP contribution in [0.1, 0.15) is 16.5 Å². The van der Waals surface area contributed by atoms with Gasteiger partial charge in [-0.15, -0.1) is 11.3 Å². The lowest BCUT2D eigenvalue weighted by atomic mass is 10.1. The molecule has 1 atom stereocenters. The predicted molar refractivity (Wildman–Crippen MR) is 66.4 cm³/mol. The van der Waals surface area contributed by atoms with Crippen molar-refractivity contribution in [1.29, 1.82) is 0 Å². The molecule has 2 rings (SSSR count). The van der Waals surface area contributed by atoms with Gasteiger partial charge in [0.1, 0.15) is 12.2 Å². The van der Waals surface area contributed by atoms with Gasteiger partial charge >= 0.3 is 0 Å². The van der Waals surface area contributed by atoms with Gasteiger partial charge in [0.15, 0.2) is 0 Å². The maximum Gasteiger partial charge on any atom is 0.138 e. The minimum atomic E-state index is 0.128. The smallest absolute Gasteiger partial charge is 0.138 e. The predicted octanol–water partition coefficient (Wildman–Crippen LogP) is 0.197. The fourth-order valence-electron chi connectivity index (χ4n) is 1.62. The van der Waals surface area contributed by atoms with E-state index in [4.69, 9.17) is 5.84 Å². The second kappa shape index (κ2) is 5.35. The molecule has 0 radical (unpaired) electrons. The molecular weight excluding hydrogens is 236 g/mol. The molecule has 17 heavy (non-hydrogen) atoms. The first-order chi connectivity index (χ1) is 8.19. The van der Waals surface area contributed by atoms with Crippen molar-refractivity contribution in [2.24, 2.45) is 12.9 Å². The van der Waals surface area contributed by atoms with E-state index >= 15 is 0 Å². The van der Waals surface area contributed by atoms with Gasteiger partial charge in [-0.2, -0.15) is 5.10 Å². The van der Waals surface area contributed by atoms with Gasteiger partial charge in [0.2, 0.25) is 0 Å². The van der Waals surface area contributed by atoms with Gasteiger partial charge in [0.25, 0.3) is 0 Å². The van der Waals surface area contributed by atoms with E-state index in [9.17, 15) is 0 Å². The number of hydrogen-bond acceptors (Lipinski definition) is 6. The summed E-state index contributed by atoms with van der Waals surface area (Å²) in [6.45, 7) is 1.99. The number of nitrogens with zero attached hydrogens (tertiary/aromatic N) is 4. The first-order valence-corrected chi connectivity index (χ1v) is 6.27.